The summed E-state index contributed by atoms with van der Waals surface area (Å²) >= 11 is 0. The number of nitrogens with one attached hydrogen (secondary N) is 1. The number of aromatic amines is 1. The molecule has 0 amide bonds. The predicted molar refractivity (Wildman–Crippen MR) is 145 cm³/mol. The number of aromatic nitrogens is 5. The van der Waals surface area contributed by atoms with Crippen LogP contribution in [0.5, 0.6) is 0 Å². The Kier molecular flexibility index (Phi) is 6.62. The van der Waals surface area contributed by atoms with Crippen LogP contribution in [0, 0.1) is 18.6 Å². The minimum atomic E-state index is -0.510. The van der Waals surface area contributed by atoms with Crippen LogP contribution in [0.4, 0.5) is 14.5 Å². The lowest BCUT2D eigenvalue weighted by atomic mass is 10.0. The topological polar surface area (TPSA) is 82.9 Å². The van der Waals surface area contributed by atoms with Gasteiger partial charge in [-0.15, -0.1) is 5.10 Å². The smallest absolute Gasteiger partial charge is 0.253 e. The van der Waals surface area contributed by atoms with E-state index in [1.165, 1.54) is 24.3 Å². The third-order valence-corrected chi connectivity index (χ3v) is 7.33. The van der Waals surface area contributed by atoms with Crippen LogP contribution < -0.4 is 10.5 Å². The highest BCUT2D eigenvalue weighted by Gasteiger charge is 2.33. The number of pyridine rings is 1. The third-order valence-electron chi connectivity index (χ3n) is 7.33. The maximum absolute atomic E-state index is 13.5. The maximum atomic E-state index is 13.5. The van der Waals surface area contributed by atoms with Gasteiger partial charge in [-0.25, -0.2) is 13.5 Å². The Labute approximate surface area is 223 Å². The molecule has 1 N–H and O–H groups in total. The van der Waals surface area contributed by atoms with Crippen molar-refractivity contribution in [3.05, 3.63) is 117 Å². The molecule has 0 unspecified atom stereocenters. The van der Waals surface area contributed by atoms with Crippen LogP contribution in [0.2, 0.25) is 0 Å². The number of aryl methyl sites for hydroxylation is 1. The van der Waals surface area contributed by atoms with Gasteiger partial charge in [0.05, 0.1) is 12.1 Å². The van der Waals surface area contributed by atoms with Gasteiger partial charge in [-0.05, 0) is 76.3 Å². The Morgan fingerprint density at radius 1 is 0.923 bits per heavy atom. The fraction of sp³-hybridized carbons (Fsp3) is 0.241. The van der Waals surface area contributed by atoms with Crippen LogP contribution >= 0.6 is 0 Å². The van der Waals surface area contributed by atoms with E-state index in [9.17, 15) is 13.6 Å². The van der Waals surface area contributed by atoms with Crippen molar-refractivity contribution < 1.29 is 8.78 Å². The number of tetrazole rings is 1. The summed E-state index contributed by atoms with van der Waals surface area (Å²) in [6.07, 6.45) is 0. The second-order valence-electron chi connectivity index (χ2n) is 9.82. The fourth-order valence-electron chi connectivity index (χ4n) is 5.28. The number of benzene rings is 3. The van der Waals surface area contributed by atoms with Crippen LogP contribution in [-0.4, -0.2) is 56.3 Å². The van der Waals surface area contributed by atoms with E-state index in [1.54, 1.807) is 28.9 Å². The first-order valence-corrected chi connectivity index (χ1v) is 12.8. The summed E-state index contributed by atoms with van der Waals surface area (Å²) < 4.78 is 28.6. The molecule has 8 nitrogen and oxygen atoms in total. The Bertz CT molecular complexity index is 1660. The Hall–Kier alpha value is -4.44. The summed E-state index contributed by atoms with van der Waals surface area (Å²) in [5, 5.41) is 13.5. The van der Waals surface area contributed by atoms with Crippen molar-refractivity contribution in [1.82, 2.24) is 30.1 Å². The Balaban J connectivity index is 1.38. The van der Waals surface area contributed by atoms with Gasteiger partial charge >= 0.3 is 0 Å². The van der Waals surface area contributed by atoms with Crippen molar-refractivity contribution in [2.75, 3.05) is 31.1 Å². The van der Waals surface area contributed by atoms with Crippen LogP contribution in [0.15, 0.2) is 77.6 Å². The zero-order valence-corrected chi connectivity index (χ0v) is 21.4. The molecule has 5 aromatic rings. The first-order valence-electron chi connectivity index (χ1n) is 12.8. The van der Waals surface area contributed by atoms with Crippen molar-refractivity contribution in [3.63, 3.8) is 0 Å². The summed E-state index contributed by atoms with van der Waals surface area (Å²) in [5.74, 6) is -0.0474. The zero-order chi connectivity index (χ0) is 26.9. The second kappa shape index (κ2) is 10.4. The lowest BCUT2D eigenvalue weighted by Gasteiger charge is -2.39. The molecule has 0 spiro atoms. The number of hydrogen-bond donors (Lipinski definition) is 1. The molecule has 198 valence electrons. The molecule has 6 rings (SSSR count). The lowest BCUT2D eigenvalue weighted by molar-refractivity contribution is 0.200. The average molecular weight is 528 g/mol. The summed E-state index contributed by atoms with van der Waals surface area (Å²) in [7, 11) is 0. The van der Waals surface area contributed by atoms with E-state index >= 15 is 0 Å². The number of fused-ring (bicyclic) bond motifs is 1. The predicted octanol–water partition coefficient (Wildman–Crippen LogP) is 4.06. The molecule has 0 aliphatic carbocycles. The Morgan fingerprint density at radius 2 is 1.62 bits per heavy atom. The molecule has 0 saturated carbocycles. The van der Waals surface area contributed by atoms with Crippen molar-refractivity contribution in [1.29, 1.82) is 0 Å². The number of halogens is 2. The number of H-pyrrole nitrogens is 1. The molecule has 2 aromatic heterocycles. The molecule has 1 saturated heterocycles. The molecule has 3 heterocycles. The van der Waals surface area contributed by atoms with E-state index in [4.69, 9.17) is 0 Å². The third kappa shape index (κ3) is 5.03. The van der Waals surface area contributed by atoms with Gasteiger partial charge in [0.1, 0.15) is 17.7 Å². The number of anilines is 1. The molecule has 0 radical (unpaired) electrons. The largest absolute Gasteiger partial charge is 0.369 e. The van der Waals surface area contributed by atoms with E-state index in [0.29, 0.717) is 44.1 Å². The molecule has 3 aromatic carbocycles. The standard InChI is InChI=1S/C29H27F2N7O/c1-19-3-2-4-21-17-25(29(39)32-26(19)21)27(28-33-34-35-38(28)18-20-5-7-22(30)8-6-20)37-15-13-36(14-16-37)24-11-9-23(31)10-12-24/h2-12,17,27H,13-16,18H2,1H3,(H,32,39)/t27-/m1/s1. The van der Waals surface area contributed by atoms with Gasteiger partial charge in [0.15, 0.2) is 5.82 Å². The second-order valence-corrected chi connectivity index (χ2v) is 9.82. The molecule has 1 atom stereocenters. The summed E-state index contributed by atoms with van der Waals surface area (Å²) in [6, 6.07) is 20.0. The minimum Gasteiger partial charge on any atom is -0.369 e. The Morgan fingerprint density at radius 3 is 2.33 bits per heavy atom. The van der Waals surface area contributed by atoms with Crippen LogP contribution in [0.3, 0.4) is 0 Å². The summed E-state index contributed by atoms with van der Waals surface area (Å²) in [5.41, 5.74) is 3.94. The number of hydrogen-bond acceptors (Lipinski definition) is 6. The molecule has 1 fully saturated rings. The van der Waals surface area contributed by atoms with Gasteiger partial charge in [-0.3, -0.25) is 9.69 Å². The number of rotatable bonds is 6. The highest BCUT2D eigenvalue weighted by atomic mass is 19.1. The molecular weight excluding hydrogens is 500 g/mol. The maximum Gasteiger partial charge on any atom is 0.253 e. The normalized spacial score (nSPS) is 15.1. The quantitative estimate of drug-likeness (QED) is 0.359. The molecular formula is C29H27F2N7O. The number of nitrogens with zero attached hydrogens (tertiary/aromatic N) is 6. The first-order chi connectivity index (χ1) is 19.0. The van der Waals surface area contributed by atoms with Crippen molar-refractivity contribution in [2.45, 2.75) is 19.5 Å². The van der Waals surface area contributed by atoms with Crippen LogP contribution in [0.25, 0.3) is 10.9 Å². The van der Waals surface area contributed by atoms with Gasteiger partial charge in [-0.1, -0.05) is 30.3 Å². The fourth-order valence-corrected chi connectivity index (χ4v) is 5.28. The minimum absolute atomic E-state index is 0.195. The van der Waals surface area contributed by atoms with E-state index in [-0.39, 0.29) is 17.2 Å². The zero-order valence-electron chi connectivity index (χ0n) is 21.4. The van der Waals surface area contributed by atoms with E-state index in [0.717, 1.165) is 27.7 Å². The highest BCUT2D eigenvalue weighted by Crippen LogP contribution is 2.29. The van der Waals surface area contributed by atoms with Gasteiger partial charge in [0.25, 0.3) is 5.56 Å². The van der Waals surface area contributed by atoms with E-state index < -0.39 is 6.04 Å². The number of para-hydroxylation sites is 1. The first kappa shape index (κ1) is 24.9. The molecule has 39 heavy (non-hydrogen) atoms. The van der Waals surface area contributed by atoms with Gasteiger partial charge in [0.2, 0.25) is 0 Å². The number of piperazine rings is 1. The molecule has 10 heteroatoms. The van der Waals surface area contributed by atoms with Crippen molar-refractivity contribution in [2.24, 2.45) is 0 Å². The summed E-state index contributed by atoms with van der Waals surface area (Å²) in [4.78, 5) is 21.0. The van der Waals surface area contributed by atoms with Crippen LogP contribution in [0.1, 0.15) is 28.6 Å². The molecule has 1 aliphatic rings. The van der Waals surface area contributed by atoms with E-state index in [1.807, 2.05) is 31.2 Å². The lowest BCUT2D eigenvalue weighted by Crippen LogP contribution is -2.49. The van der Waals surface area contributed by atoms with Crippen LogP contribution in [-0.2, 0) is 6.54 Å². The van der Waals surface area contributed by atoms with Crippen molar-refractivity contribution >= 4 is 16.6 Å². The summed E-state index contributed by atoms with van der Waals surface area (Å²) in [6.45, 7) is 4.94. The van der Waals surface area contributed by atoms with Gasteiger partial charge in [0, 0.05) is 37.4 Å². The highest BCUT2D eigenvalue weighted by molar-refractivity contribution is 5.82. The molecule has 1 aliphatic heterocycles. The monoisotopic (exact) mass is 527 g/mol. The SMILES string of the molecule is Cc1cccc2cc([C@H](c3nnnn3Cc3ccc(F)cc3)N3CCN(c4ccc(F)cc4)CC3)c(=O)[nH]c12. The van der Waals surface area contributed by atoms with E-state index in [2.05, 4.69) is 30.3 Å². The van der Waals surface area contributed by atoms with Gasteiger partial charge in [-0.2, -0.15) is 0 Å². The van der Waals surface area contributed by atoms with Gasteiger partial charge < -0.3 is 9.88 Å². The molecule has 0 bridgehead atoms. The average Bonchev–Trinajstić information content (AvgIpc) is 3.39. The van der Waals surface area contributed by atoms with Crippen molar-refractivity contribution in [3.8, 4) is 0 Å².